The van der Waals surface area contributed by atoms with E-state index in [1.165, 1.54) is 43.5 Å². The van der Waals surface area contributed by atoms with Gasteiger partial charge in [-0.15, -0.1) is 0 Å². The lowest BCUT2D eigenvalue weighted by molar-refractivity contribution is -0.119. The van der Waals surface area contributed by atoms with Crippen LogP contribution in [0, 0.1) is 0 Å². The summed E-state index contributed by atoms with van der Waals surface area (Å²) in [4.78, 5) is 24.5. The van der Waals surface area contributed by atoms with Crippen LogP contribution in [0.4, 0.5) is 14.5 Å². The van der Waals surface area contributed by atoms with E-state index in [4.69, 9.17) is 9.47 Å². The number of hydrogen-bond donors (Lipinski definition) is 2. The van der Waals surface area contributed by atoms with Crippen molar-refractivity contribution in [3.8, 4) is 5.75 Å². The smallest absolute Gasteiger partial charge is 0.338 e. The van der Waals surface area contributed by atoms with Gasteiger partial charge >= 0.3 is 5.97 Å². The van der Waals surface area contributed by atoms with Crippen LogP contribution in [-0.4, -0.2) is 45.8 Å². The molecule has 172 valence electrons. The Labute approximate surface area is 187 Å². The summed E-state index contributed by atoms with van der Waals surface area (Å²) in [5.74, 6) is -4.02. The molecule has 0 heterocycles. The molecule has 1 fully saturated rings. The third-order valence-electron chi connectivity index (χ3n) is 4.29. The van der Waals surface area contributed by atoms with Gasteiger partial charge in [0.15, 0.2) is 6.61 Å². The lowest BCUT2D eigenvalue weighted by Gasteiger charge is -2.12. The first-order valence-corrected chi connectivity index (χ1v) is 11.8. The van der Waals surface area contributed by atoms with Crippen LogP contribution in [0.3, 0.4) is 0 Å². The predicted molar refractivity (Wildman–Crippen MR) is 114 cm³/mol. The predicted octanol–water partition coefficient (Wildman–Crippen LogP) is 3.25. The zero-order valence-electron chi connectivity index (χ0n) is 16.8. The molecule has 2 aromatic rings. The quantitative estimate of drug-likeness (QED) is 0.392. The van der Waals surface area contributed by atoms with Crippen LogP contribution < -0.4 is 14.8 Å². The number of alkyl halides is 2. The van der Waals surface area contributed by atoms with E-state index in [9.17, 15) is 26.8 Å². The molecule has 1 aliphatic carbocycles. The number of thioether (sulfide) groups is 1. The number of carbonyl (C=O) groups excluding carboxylic acids is 2. The lowest BCUT2D eigenvalue weighted by Crippen LogP contribution is -2.26. The summed E-state index contributed by atoms with van der Waals surface area (Å²) in [6, 6.07) is 9.39. The highest BCUT2D eigenvalue weighted by atomic mass is 32.2. The molecule has 3 rings (SSSR count). The van der Waals surface area contributed by atoms with Gasteiger partial charge in [0.05, 0.1) is 12.7 Å². The topological polar surface area (TPSA) is 111 Å². The molecule has 0 aromatic heterocycles. The van der Waals surface area contributed by atoms with Crippen LogP contribution in [0.2, 0.25) is 0 Å². The van der Waals surface area contributed by atoms with Gasteiger partial charge in [-0.2, -0.15) is 8.78 Å². The summed E-state index contributed by atoms with van der Waals surface area (Å²) in [7, 11) is -2.58. The Morgan fingerprint density at radius 2 is 1.84 bits per heavy atom. The van der Waals surface area contributed by atoms with Gasteiger partial charge in [-0.05, 0) is 55.3 Å². The third kappa shape index (κ3) is 6.65. The fourth-order valence-electron chi connectivity index (χ4n) is 2.63. The third-order valence-corrected chi connectivity index (χ3v) is 6.55. The van der Waals surface area contributed by atoms with Crippen molar-refractivity contribution in [3.63, 3.8) is 0 Å². The van der Waals surface area contributed by atoms with Crippen molar-refractivity contribution in [2.45, 2.75) is 34.4 Å². The second-order valence-corrected chi connectivity index (χ2v) is 9.53. The fourth-order valence-corrected chi connectivity index (χ4v) is 4.63. The highest BCUT2D eigenvalue weighted by Crippen LogP contribution is 2.29. The number of rotatable bonds is 10. The van der Waals surface area contributed by atoms with Crippen molar-refractivity contribution in [3.05, 3.63) is 48.0 Å². The summed E-state index contributed by atoms with van der Waals surface area (Å²) < 4.78 is 62.3. The largest absolute Gasteiger partial charge is 0.495 e. The van der Waals surface area contributed by atoms with Crippen LogP contribution in [-0.2, 0) is 19.6 Å². The maximum absolute atomic E-state index is 12.5. The van der Waals surface area contributed by atoms with Crippen molar-refractivity contribution in [1.82, 2.24) is 4.72 Å². The van der Waals surface area contributed by atoms with Crippen molar-refractivity contribution in [2.75, 3.05) is 19.0 Å². The Balaban J connectivity index is 1.60. The highest BCUT2D eigenvalue weighted by molar-refractivity contribution is 7.99. The molecule has 1 amide bonds. The molecule has 8 nitrogen and oxygen atoms in total. The van der Waals surface area contributed by atoms with Gasteiger partial charge < -0.3 is 14.8 Å². The number of ether oxygens (including phenoxy) is 2. The monoisotopic (exact) mass is 486 g/mol. The van der Waals surface area contributed by atoms with Crippen LogP contribution in [0.1, 0.15) is 23.2 Å². The maximum Gasteiger partial charge on any atom is 0.338 e. The van der Waals surface area contributed by atoms with E-state index in [0.29, 0.717) is 22.3 Å². The average Bonchev–Trinajstić information content (AvgIpc) is 3.56. The van der Waals surface area contributed by atoms with Gasteiger partial charge in [0.2, 0.25) is 10.0 Å². The molecule has 0 aliphatic heterocycles. The van der Waals surface area contributed by atoms with E-state index in [2.05, 4.69) is 10.0 Å². The number of benzene rings is 2. The first kappa shape index (κ1) is 24.0. The molecule has 1 saturated carbocycles. The zero-order valence-corrected chi connectivity index (χ0v) is 18.5. The van der Waals surface area contributed by atoms with E-state index in [1.54, 1.807) is 0 Å². The second kappa shape index (κ2) is 10.3. The van der Waals surface area contributed by atoms with E-state index in [1.807, 2.05) is 0 Å². The minimum Gasteiger partial charge on any atom is -0.495 e. The van der Waals surface area contributed by atoms with Gasteiger partial charge in [-0.25, -0.2) is 17.9 Å². The Kier molecular flexibility index (Phi) is 7.69. The van der Waals surface area contributed by atoms with E-state index >= 15 is 0 Å². The molecular weight excluding hydrogens is 466 g/mol. The van der Waals surface area contributed by atoms with Gasteiger partial charge in [0, 0.05) is 16.6 Å². The van der Waals surface area contributed by atoms with E-state index < -0.39 is 34.3 Å². The van der Waals surface area contributed by atoms with Crippen LogP contribution >= 0.6 is 11.8 Å². The number of sulfonamides is 1. The summed E-state index contributed by atoms with van der Waals surface area (Å²) in [5.41, 5.74) is 0.275. The molecule has 2 N–H and O–H groups in total. The maximum atomic E-state index is 12.5. The van der Waals surface area contributed by atoms with Gasteiger partial charge in [-0.1, -0.05) is 11.8 Å². The lowest BCUT2D eigenvalue weighted by atomic mass is 10.2. The van der Waals surface area contributed by atoms with Gasteiger partial charge in [0.1, 0.15) is 10.6 Å². The summed E-state index contributed by atoms with van der Waals surface area (Å²) in [6.07, 6.45) is 1.48. The van der Waals surface area contributed by atoms with Gasteiger partial charge in [-0.3, -0.25) is 4.79 Å². The zero-order chi connectivity index (χ0) is 23.3. The molecule has 0 unspecified atom stereocenters. The van der Waals surface area contributed by atoms with Crippen LogP contribution in [0.5, 0.6) is 5.75 Å². The standard InChI is InChI=1S/C20H20F2N2O6S2/c1-29-16-9-2-12(10-17(16)32(27,28)24-14-3-4-14)19(26)30-11-18(25)23-13-5-7-15(8-6-13)31-20(21)22/h2,5-10,14,20,24H,3-4,11H2,1H3,(H,23,25). The van der Waals surface area contributed by atoms with E-state index in [0.717, 1.165) is 18.9 Å². The molecule has 0 spiro atoms. The Morgan fingerprint density at radius 3 is 2.44 bits per heavy atom. The Morgan fingerprint density at radius 1 is 1.16 bits per heavy atom. The number of esters is 1. The molecule has 2 aromatic carbocycles. The summed E-state index contributed by atoms with van der Waals surface area (Å²) in [5, 5.41) is 2.47. The number of carbonyl (C=O) groups is 2. The first-order valence-electron chi connectivity index (χ1n) is 9.40. The minimum absolute atomic E-state index is 0.0665. The van der Waals surface area contributed by atoms with Crippen LogP contribution in [0.25, 0.3) is 0 Å². The highest BCUT2D eigenvalue weighted by Gasteiger charge is 2.30. The van der Waals surface area contributed by atoms with Crippen molar-refractivity contribution >= 4 is 39.3 Å². The average molecular weight is 487 g/mol. The minimum atomic E-state index is -3.89. The molecule has 1 aliphatic rings. The SMILES string of the molecule is COc1ccc(C(=O)OCC(=O)Nc2ccc(SC(F)F)cc2)cc1S(=O)(=O)NC1CC1. The number of amides is 1. The molecule has 0 saturated heterocycles. The van der Waals surface area contributed by atoms with Crippen molar-refractivity contribution in [2.24, 2.45) is 0 Å². The number of methoxy groups -OCH3 is 1. The molecule has 12 heteroatoms. The summed E-state index contributed by atoms with van der Waals surface area (Å²) in [6.45, 7) is -0.624. The molecule has 0 atom stereocenters. The second-order valence-electron chi connectivity index (χ2n) is 6.79. The molecule has 32 heavy (non-hydrogen) atoms. The molecular formula is C20H20F2N2O6S2. The molecule has 0 radical (unpaired) electrons. The van der Waals surface area contributed by atoms with E-state index in [-0.39, 0.29) is 22.3 Å². The number of nitrogens with one attached hydrogen (secondary N) is 2. The fraction of sp³-hybridized carbons (Fsp3) is 0.300. The number of hydrogen-bond acceptors (Lipinski definition) is 7. The summed E-state index contributed by atoms with van der Waals surface area (Å²) >= 11 is 0.378. The van der Waals surface area contributed by atoms with Crippen molar-refractivity contribution in [1.29, 1.82) is 0 Å². The molecule has 0 bridgehead atoms. The number of anilines is 1. The van der Waals surface area contributed by atoms with Crippen LogP contribution in [0.15, 0.2) is 52.3 Å². The Hall–Kier alpha value is -2.70. The first-order chi connectivity index (χ1) is 15.2. The van der Waals surface area contributed by atoms with Crippen molar-refractivity contribution < 1.29 is 36.3 Å². The Bertz CT molecular complexity index is 1090. The number of halogens is 2. The normalized spacial score (nSPS) is 13.6. The van der Waals surface area contributed by atoms with Gasteiger partial charge in [0.25, 0.3) is 11.7 Å².